The van der Waals surface area contributed by atoms with Crippen LogP contribution in [0, 0.1) is 0 Å². The number of carbonyl (C=O) groups is 2. The van der Waals surface area contributed by atoms with E-state index in [0.29, 0.717) is 0 Å². The third-order valence-electron chi connectivity index (χ3n) is 5.93. The number of carboxylic acids is 2. The molecule has 12 nitrogen and oxygen atoms in total. The van der Waals surface area contributed by atoms with Gasteiger partial charge in [0, 0.05) is 52.4 Å². The molecule has 0 aliphatic heterocycles. The van der Waals surface area contributed by atoms with Crippen molar-refractivity contribution in [2.75, 3.05) is 26.3 Å². The summed E-state index contributed by atoms with van der Waals surface area (Å²) in [7, 11) is 0. The first-order chi connectivity index (χ1) is 17.2. The van der Waals surface area contributed by atoms with Crippen LogP contribution in [0.4, 0.5) is 0 Å². The molecule has 0 bridgehead atoms. The number of carboxylic acid groups (broad SMARTS) is 2. The Labute approximate surface area is 231 Å². The quantitative estimate of drug-likeness (QED) is 0.130. The Morgan fingerprint density at radius 2 is 0.974 bits per heavy atom. The molecule has 2 rings (SSSR count). The number of aromatic hydroxyl groups is 2. The number of hydrogen-bond acceptors (Lipinski definition) is 10. The van der Waals surface area contributed by atoms with E-state index in [2.05, 4.69) is 0 Å². The molecule has 2 aromatic rings. The van der Waals surface area contributed by atoms with Gasteiger partial charge in [0.05, 0.1) is 51.6 Å². The van der Waals surface area contributed by atoms with E-state index in [1.807, 2.05) is 0 Å². The third kappa shape index (κ3) is 9.22. The van der Waals surface area contributed by atoms with Crippen LogP contribution in [0.2, 0.25) is 0 Å². The second kappa shape index (κ2) is 17.0. The molecular weight excluding hydrogens is 544 g/mol. The molecule has 0 fully saturated rings. The Morgan fingerprint density at radius 3 is 1.24 bits per heavy atom. The van der Waals surface area contributed by atoms with Gasteiger partial charge < -0.3 is 40.9 Å². The first-order valence-corrected chi connectivity index (χ1v) is 11.1. The summed E-state index contributed by atoms with van der Waals surface area (Å²) in [5.41, 5.74) is 0.953. The van der Waals surface area contributed by atoms with Gasteiger partial charge in [0.2, 0.25) is 0 Å². The van der Waals surface area contributed by atoms with E-state index in [1.165, 1.54) is 34.1 Å². The summed E-state index contributed by atoms with van der Waals surface area (Å²) in [6.45, 7) is -3.86. The van der Waals surface area contributed by atoms with Gasteiger partial charge >= 0.3 is 11.9 Å². The molecule has 0 saturated heterocycles. The molecule has 0 aliphatic carbocycles. The van der Waals surface area contributed by atoms with Crippen molar-refractivity contribution in [2.45, 2.75) is 45.8 Å². The van der Waals surface area contributed by atoms with E-state index in [0.717, 1.165) is 0 Å². The number of para-hydroxylation sites is 2. The number of aliphatic hydroxyl groups excluding tert-OH is 4. The van der Waals surface area contributed by atoms with Crippen molar-refractivity contribution in [1.29, 1.82) is 0 Å². The Kier molecular flexibility index (Phi) is 15.7. The number of rotatable bonds is 15. The first kappa shape index (κ1) is 35.3. The molecule has 1 unspecified atom stereocenters. The zero-order valence-electron chi connectivity index (χ0n) is 19.9. The van der Waals surface area contributed by atoms with Crippen LogP contribution < -0.4 is 0 Å². The summed E-state index contributed by atoms with van der Waals surface area (Å²) < 4.78 is 0. The van der Waals surface area contributed by atoms with Crippen molar-refractivity contribution < 1.29 is 67.5 Å². The third-order valence-corrected chi connectivity index (χ3v) is 5.93. The van der Waals surface area contributed by atoms with Crippen LogP contribution in [-0.2, 0) is 53.0 Å². The van der Waals surface area contributed by atoms with Gasteiger partial charge in [-0.3, -0.25) is 19.4 Å². The smallest absolute Gasteiger partial charge is 0.317 e. The molecule has 214 valence electrons. The maximum atomic E-state index is 11.6. The number of aliphatic carboxylic acids is 2. The molecule has 13 heteroatoms. The predicted octanol–water partition coefficient (Wildman–Crippen LogP) is -0.0888. The molecule has 38 heavy (non-hydrogen) atoms. The Morgan fingerprint density at radius 1 is 0.658 bits per heavy atom. The zero-order chi connectivity index (χ0) is 26.8. The SMILES string of the molecule is C.O=C(O)CN(Cc1cccc(CO)c1O)C(CO)[C@@H](CO)N(CC(=O)O)Cc1cccc(CO)c1O.[Fe]. The Bertz CT molecular complexity index is 958. The molecule has 2 atom stereocenters. The van der Waals surface area contributed by atoms with Crippen LogP contribution in [0.5, 0.6) is 11.5 Å². The van der Waals surface area contributed by atoms with Crippen LogP contribution in [0.15, 0.2) is 36.4 Å². The zero-order valence-corrected chi connectivity index (χ0v) is 21.0. The van der Waals surface area contributed by atoms with Crippen LogP contribution in [0.25, 0.3) is 0 Å². The van der Waals surface area contributed by atoms with E-state index >= 15 is 0 Å². The molecule has 2 aromatic carbocycles. The summed E-state index contributed by atoms with van der Waals surface area (Å²) in [4.78, 5) is 25.8. The largest absolute Gasteiger partial charge is 0.507 e. The monoisotopic (exact) mass is 580 g/mol. The maximum absolute atomic E-state index is 11.6. The molecule has 0 aliphatic rings. The normalized spacial score (nSPS) is 12.5. The van der Waals surface area contributed by atoms with Crippen LogP contribution in [-0.4, -0.2) is 101 Å². The number of benzene rings is 2. The van der Waals surface area contributed by atoms with Gasteiger partial charge in [-0.15, -0.1) is 0 Å². The molecule has 0 radical (unpaired) electrons. The van der Waals surface area contributed by atoms with E-state index in [4.69, 9.17) is 0 Å². The summed E-state index contributed by atoms with van der Waals surface area (Å²) in [6.07, 6.45) is 0. The second-order valence-corrected chi connectivity index (χ2v) is 8.26. The van der Waals surface area contributed by atoms with Crippen molar-refractivity contribution in [1.82, 2.24) is 9.80 Å². The van der Waals surface area contributed by atoms with E-state index in [9.17, 15) is 50.4 Å². The van der Waals surface area contributed by atoms with E-state index in [1.54, 1.807) is 12.1 Å². The molecule has 0 heterocycles. The van der Waals surface area contributed by atoms with Crippen molar-refractivity contribution in [3.05, 3.63) is 58.7 Å². The van der Waals surface area contributed by atoms with Gasteiger partial charge in [0.25, 0.3) is 0 Å². The summed E-state index contributed by atoms with van der Waals surface area (Å²) in [6, 6.07) is 6.91. The summed E-state index contributed by atoms with van der Waals surface area (Å²) in [5.74, 6) is -3.02. The van der Waals surface area contributed by atoms with E-state index < -0.39 is 63.5 Å². The van der Waals surface area contributed by atoms with Gasteiger partial charge in [0.1, 0.15) is 11.5 Å². The van der Waals surface area contributed by atoms with Gasteiger partial charge in [-0.1, -0.05) is 43.8 Å². The minimum absolute atomic E-state index is 0. The van der Waals surface area contributed by atoms with Crippen LogP contribution in [0.3, 0.4) is 0 Å². The number of hydrogen-bond donors (Lipinski definition) is 8. The molecule has 0 amide bonds. The fourth-order valence-corrected chi connectivity index (χ4v) is 4.13. The van der Waals surface area contributed by atoms with Crippen molar-refractivity contribution >= 4 is 11.9 Å². The van der Waals surface area contributed by atoms with Gasteiger partial charge in [0.15, 0.2) is 0 Å². The minimum atomic E-state index is -1.26. The fourth-order valence-electron chi connectivity index (χ4n) is 4.13. The summed E-state index contributed by atoms with van der Waals surface area (Å²) in [5, 5.41) is 79.2. The molecular formula is C25H36FeN2O10. The molecule has 0 spiro atoms. The topological polar surface area (TPSA) is 202 Å². The second-order valence-electron chi connectivity index (χ2n) is 8.26. The van der Waals surface area contributed by atoms with Crippen molar-refractivity contribution in [3.63, 3.8) is 0 Å². The minimum Gasteiger partial charge on any atom is -0.507 e. The standard InChI is InChI=1S/C24H32N2O10.CH4.Fe/c27-11-17-5-1-3-15(23(17)35)7-25(9-21(31)32)19(13-29)20(14-30)26(10-22(33)34)8-16-4-2-6-18(12-28)24(16)36;;/h1-6,19-20,27-30,35-36H,7-14H2,(H,31,32)(H,33,34);1H4;/t19-,20?;;/m1../s1. The van der Waals surface area contributed by atoms with E-state index in [-0.39, 0.29) is 71.3 Å². The molecule has 0 aromatic heterocycles. The van der Waals surface area contributed by atoms with Gasteiger partial charge in [-0.25, -0.2) is 0 Å². The van der Waals surface area contributed by atoms with Crippen LogP contribution >= 0.6 is 0 Å². The van der Waals surface area contributed by atoms with Crippen molar-refractivity contribution in [3.8, 4) is 11.5 Å². The maximum Gasteiger partial charge on any atom is 0.317 e. The first-order valence-electron chi connectivity index (χ1n) is 11.1. The molecule has 0 saturated carbocycles. The van der Waals surface area contributed by atoms with Crippen LogP contribution in [0.1, 0.15) is 29.7 Å². The van der Waals surface area contributed by atoms with Gasteiger partial charge in [-0.2, -0.15) is 0 Å². The molecule has 8 N–H and O–H groups in total. The average molecular weight is 580 g/mol. The Hall–Kier alpha value is -2.74. The average Bonchev–Trinajstić information content (AvgIpc) is 2.83. The number of nitrogens with zero attached hydrogens (tertiary/aromatic N) is 2. The number of phenols is 2. The summed E-state index contributed by atoms with van der Waals surface area (Å²) >= 11 is 0. The van der Waals surface area contributed by atoms with Gasteiger partial charge in [-0.05, 0) is 0 Å². The fraction of sp³-hybridized carbons (Fsp3) is 0.440. The number of aliphatic hydroxyl groups is 4. The Balaban J connectivity index is 0.00000684. The van der Waals surface area contributed by atoms with Crippen molar-refractivity contribution in [2.24, 2.45) is 0 Å². The predicted molar refractivity (Wildman–Crippen MR) is 133 cm³/mol.